The third kappa shape index (κ3) is 4.02. The number of hydrogen-bond donors (Lipinski definition) is 2. The number of phenols is 2. The van der Waals surface area contributed by atoms with Crippen LogP contribution in [0.3, 0.4) is 0 Å². The molecular weight excluding hydrogens is 428 g/mol. The third-order valence-corrected chi connectivity index (χ3v) is 6.72. The largest absolute Gasteiger partial charge is 0.502 e. The number of fused-ring (bicyclic) bond motifs is 2. The summed E-state index contributed by atoms with van der Waals surface area (Å²) >= 11 is 0. The van der Waals surface area contributed by atoms with Crippen LogP contribution in [-0.2, 0) is 15.9 Å². The van der Waals surface area contributed by atoms with Crippen LogP contribution in [0.15, 0.2) is 18.2 Å². The molecule has 3 atom stereocenters. The van der Waals surface area contributed by atoms with Crippen LogP contribution in [-0.4, -0.2) is 57.7 Å². The highest BCUT2D eigenvalue weighted by atomic mass is 16.7. The van der Waals surface area contributed by atoms with Gasteiger partial charge in [0.25, 0.3) is 0 Å². The van der Waals surface area contributed by atoms with Gasteiger partial charge in [-0.05, 0) is 61.4 Å². The highest BCUT2D eigenvalue weighted by Crippen LogP contribution is 2.55. The minimum atomic E-state index is -0.706. The van der Waals surface area contributed by atoms with E-state index in [1.807, 2.05) is 19.9 Å². The van der Waals surface area contributed by atoms with Crippen molar-refractivity contribution < 1.29 is 38.6 Å². The molecular formula is C25H32O8. The SMILES string of the molecule is COc1cc([C@@H]2c3c(cc(OC)c(O)c3OC)C[C@H]3COC(C)(C)OC[C@@H]32)cc(OC)c1O. The Hall–Kier alpha value is -2.84. The highest BCUT2D eigenvalue weighted by molar-refractivity contribution is 5.64. The summed E-state index contributed by atoms with van der Waals surface area (Å²) in [5.74, 6) is 0.418. The number of benzene rings is 2. The maximum atomic E-state index is 10.9. The molecule has 180 valence electrons. The number of phenolic OH excluding ortho intramolecular Hbond substituents is 2. The lowest BCUT2D eigenvalue weighted by atomic mass is 9.66. The molecule has 8 heteroatoms. The zero-order chi connectivity index (χ0) is 23.9. The number of hydrogen-bond acceptors (Lipinski definition) is 8. The van der Waals surface area contributed by atoms with Crippen LogP contribution in [0.25, 0.3) is 0 Å². The van der Waals surface area contributed by atoms with E-state index < -0.39 is 5.79 Å². The molecule has 2 aromatic rings. The van der Waals surface area contributed by atoms with E-state index in [9.17, 15) is 10.2 Å². The summed E-state index contributed by atoms with van der Waals surface area (Å²) in [4.78, 5) is 0. The van der Waals surface area contributed by atoms with E-state index in [2.05, 4.69) is 0 Å². The number of ether oxygens (including phenoxy) is 6. The molecule has 0 spiro atoms. The van der Waals surface area contributed by atoms with Crippen molar-refractivity contribution in [2.45, 2.75) is 32.0 Å². The van der Waals surface area contributed by atoms with Gasteiger partial charge in [0.15, 0.2) is 28.8 Å². The van der Waals surface area contributed by atoms with Crippen LogP contribution >= 0.6 is 0 Å². The Morgan fingerprint density at radius 3 is 1.97 bits per heavy atom. The predicted octanol–water partition coefficient (Wildman–Crippen LogP) is 3.84. The Labute approximate surface area is 193 Å². The summed E-state index contributed by atoms with van der Waals surface area (Å²) in [5.41, 5.74) is 2.71. The second kappa shape index (κ2) is 8.83. The van der Waals surface area contributed by atoms with Gasteiger partial charge in [-0.15, -0.1) is 0 Å². The van der Waals surface area contributed by atoms with E-state index in [4.69, 9.17) is 28.4 Å². The van der Waals surface area contributed by atoms with Gasteiger partial charge in [0, 0.05) is 11.5 Å². The van der Waals surface area contributed by atoms with E-state index in [-0.39, 0.29) is 29.3 Å². The third-order valence-electron chi connectivity index (χ3n) is 6.72. The molecule has 0 amide bonds. The molecule has 0 saturated carbocycles. The summed E-state index contributed by atoms with van der Waals surface area (Å²) in [6.07, 6.45) is 0.718. The summed E-state index contributed by atoms with van der Waals surface area (Å²) in [7, 11) is 6.05. The fraction of sp³-hybridized carbons (Fsp3) is 0.520. The molecule has 1 fully saturated rings. The average molecular weight is 461 g/mol. The maximum Gasteiger partial charge on any atom is 0.201 e. The van der Waals surface area contributed by atoms with Gasteiger partial charge >= 0.3 is 0 Å². The van der Waals surface area contributed by atoms with Gasteiger partial charge in [0.05, 0.1) is 41.7 Å². The van der Waals surface area contributed by atoms with Crippen molar-refractivity contribution in [2.75, 3.05) is 41.7 Å². The van der Waals surface area contributed by atoms with Gasteiger partial charge in [-0.3, -0.25) is 0 Å². The Morgan fingerprint density at radius 2 is 1.39 bits per heavy atom. The number of rotatable bonds is 5. The van der Waals surface area contributed by atoms with Crippen LogP contribution in [0.5, 0.6) is 34.5 Å². The molecule has 2 aromatic carbocycles. The van der Waals surface area contributed by atoms with Crippen molar-refractivity contribution >= 4 is 0 Å². The molecule has 1 aliphatic heterocycles. The minimum Gasteiger partial charge on any atom is -0.502 e. The van der Waals surface area contributed by atoms with Crippen molar-refractivity contribution in [1.29, 1.82) is 0 Å². The van der Waals surface area contributed by atoms with Crippen LogP contribution in [0.1, 0.15) is 36.5 Å². The molecule has 0 unspecified atom stereocenters. The first kappa shape index (κ1) is 23.3. The first-order chi connectivity index (χ1) is 15.7. The Balaban J connectivity index is 1.98. The van der Waals surface area contributed by atoms with E-state index in [0.29, 0.717) is 36.2 Å². The highest BCUT2D eigenvalue weighted by Gasteiger charge is 2.44. The summed E-state index contributed by atoms with van der Waals surface area (Å²) in [6.45, 7) is 4.79. The monoisotopic (exact) mass is 460 g/mol. The quantitative estimate of drug-likeness (QED) is 0.695. The lowest BCUT2D eigenvalue weighted by Gasteiger charge is -2.39. The predicted molar refractivity (Wildman–Crippen MR) is 121 cm³/mol. The summed E-state index contributed by atoms with van der Waals surface area (Å²) < 4.78 is 34.2. The molecule has 1 aliphatic carbocycles. The molecule has 1 saturated heterocycles. The smallest absolute Gasteiger partial charge is 0.201 e. The van der Waals surface area contributed by atoms with Gasteiger partial charge in [-0.25, -0.2) is 0 Å². The fourth-order valence-corrected chi connectivity index (χ4v) is 5.05. The molecule has 0 bridgehead atoms. The Bertz CT molecular complexity index is 1010. The molecule has 2 N–H and O–H groups in total. The molecule has 0 radical (unpaired) electrons. The second-order valence-electron chi connectivity index (χ2n) is 8.94. The molecule has 4 rings (SSSR count). The number of aromatic hydroxyl groups is 2. The summed E-state index contributed by atoms with van der Waals surface area (Å²) in [6, 6.07) is 5.46. The van der Waals surface area contributed by atoms with Crippen LogP contribution in [0, 0.1) is 11.8 Å². The van der Waals surface area contributed by atoms with Gasteiger partial charge in [0.2, 0.25) is 11.5 Å². The zero-order valence-corrected chi connectivity index (χ0v) is 19.9. The van der Waals surface area contributed by atoms with E-state index in [1.165, 1.54) is 28.4 Å². The molecule has 1 heterocycles. The van der Waals surface area contributed by atoms with E-state index >= 15 is 0 Å². The zero-order valence-electron chi connectivity index (χ0n) is 19.9. The molecule has 0 aromatic heterocycles. The van der Waals surface area contributed by atoms with Crippen LogP contribution < -0.4 is 18.9 Å². The van der Waals surface area contributed by atoms with Gasteiger partial charge in [-0.1, -0.05) is 0 Å². The van der Waals surface area contributed by atoms with Crippen LogP contribution in [0.4, 0.5) is 0 Å². The van der Waals surface area contributed by atoms with Crippen molar-refractivity contribution in [3.63, 3.8) is 0 Å². The molecule has 8 nitrogen and oxygen atoms in total. The normalized spacial score (nSPS) is 23.6. The van der Waals surface area contributed by atoms with Gasteiger partial charge in [-0.2, -0.15) is 0 Å². The Kier molecular flexibility index (Phi) is 6.24. The minimum absolute atomic E-state index is 0.0138. The van der Waals surface area contributed by atoms with E-state index in [0.717, 1.165) is 23.1 Å². The van der Waals surface area contributed by atoms with Crippen molar-refractivity contribution in [3.8, 4) is 34.5 Å². The van der Waals surface area contributed by atoms with Gasteiger partial charge in [0.1, 0.15) is 0 Å². The summed E-state index contributed by atoms with van der Waals surface area (Å²) in [5, 5.41) is 21.4. The second-order valence-corrected chi connectivity index (χ2v) is 8.94. The lowest BCUT2D eigenvalue weighted by Crippen LogP contribution is -2.34. The van der Waals surface area contributed by atoms with Gasteiger partial charge < -0.3 is 38.6 Å². The standard InChI is InChI=1S/C25H32O8/c1-25(2)32-11-15-7-13-8-19(30-5)23(27)24(31-6)21(13)20(16(15)12-33-25)14-9-17(28-3)22(26)18(10-14)29-4/h8-10,15-16,20,26-27H,7,11-12H2,1-6H3/t15-,16-,20-/m0/s1. The van der Waals surface area contributed by atoms with Crippen molar-refractivity contribution in [2.24, 2.45) is 11.8 Å². The topological polar surface area (TPSA) is 95.8 Å². The molecule has 2 aliphatic rings. The first-order valence-corrected chi connectivity index (χ1v) is 10.9. The lowest BCUT2D eigenvalue weighted by molar-refractivity contribution is -0.202. The maximum absolute atomic E-state index is 10.9. The van der Waals surface area contributed by atoms with E-state index in [1.54, 1.807) is 12.1 Å². The Morgan fingerprint density at radius 1 is 0.818 bits per heavy atom. The fourth-order valence-electron chi connectivity index (χ4n) is 5.05. The van der Waals surface area contributed by atoms with Crippen molar-refractivity contribution in [1.82, 2.24) is 0 Å². The average Bonchev–Trinajstić information content (AvgIpc) is 2.95. The molecule has 33 heavy (non-hydrogen) atoms. The first-order valence-electron chi connectivity index (χ1n) is 10.9. The van der Waals surface area contributed by atoms with Crippen LogP contribution in [0.2, 0.25) is 0 Å². The van der Waals surface area contributed by atoms with Crippen molar-refractivity contribution in [3.05, 3.63) is 34.9 Å². The number of methoxy groups -OCH3 is 4.